The van der Waals surface area contributed by atoms with Gasteiger partial charge in [0.05, 0.1) is 5.88 Å². The van der Waals surface area contributed by atoms with Crippen LogP contribution in [-0.4, -0.2) is 22.3 Å². The van der Waals surface area contributed by atoms with Crippen molar-refractivity contribution in [3.8, 4) is 0 Å². The van der Waals surface area contributed by atoms with Crippen LogP contribution in [0.2, 0.25) is 0 Å². The first kappa shape index (κ1) is 5.63. The monoisotopic (exact) mass is 142 g/mol. The second-order valence-corrected chi connectivity index (χ2v) is 2.22. The van der Waals surface area contributed by atoms with Crippen LogP contribution in [-0.2, 0) is 4.74 Å². The first-order valence-electron chi connectivity index (χ1n) is 1.82. The van der Waals surface area contributed by atoms with Gasteiger partial charge < -0.3 is 9.84 Å². The van der Waals surface area contributed by atoms with Crippen molar-refractivity contribution in [3.05, 3.63) is 0 Å². The zero-order chi connectivity index (χ0) is 5.49. The average molecular weight is 143 g/mol. The molecule has 0 amide bonds. The Labute approximate surface area is 51.0 Å². The number of hydrogen-bond donors (Lipinski definition) is 1. The third-order valence-corrected chi connectivity index (χ3v) is 1.40. The molecule has 0 aromatic heterocycles. The number of ether oxygens (including phenoxy) is 1. The molecule has 1 fully saturated rings. The number of epoxide rings is 1. The molecule has 0 aliphatic carbocycles. The molecule has 4 heteroatoms. The minimum Gasteiger partial charge on any atom is -0.351 e. The van der Waals surface area contributed by atoms with Gasteiger partial charge >= 0.3 is 0 Å². The summed E-state index contributed by atoms with van der Waals surface area (Å²) in [4.78, 5) is 0. The van der Waals surface area contributed by atoms with Gasteiger partial charge in [-0.25, -0.2) is 0 Å². The summed E-state index contributed by atoms with van der Waals surface area (Å²) in [5.41, 5.74) is 0. The van der Waals surface area contributed by atoms with Crippen molar-refractivity contribution in [3.63, 3.8) is 0 Å². The lowest BCUT2D eigenvalue weighted by molar-refractivity contribution is 0.116. The molecule has 0 aromatic rings. The van der Waals surface area contributed by atoms with E-state index < -0.39 is 5.25 Å². The molecular weight excluding hydrogens is 139 g/mol. The predicted molar refractivity (Wildman–Crippen MR) is 26.4 cm³/mol. The minimum absolute atomic E-state index is 0.250. The maximum absolute atomic E-state index is 8.55. The molecule has 1 heterocycles. The van der Waals surface area contributed by atoms with Gasteiger partial charge in [0.1, 0.15) is 6.10 Å². The van der Waals surface area contributed by atoms with Crippen molar-refractivity contribution in [1.82, 2.24) is 0 Å². The first-order valence-corrected chi connectivity index (χ1v) is 2.73. The highest BCUT2D eigenvalue weighted by atomic mass is 35.5. The Balaban J connectivity index is 2.30. The van der Waals surface area contributed by atoms with Gasteiger partial charge in [0.15, 0.2) is 0 Å². The minimum atomic E-state index is -1.44. The fourth-order valence-corrected chi connectivity index (χ4v) is 0.828. The van der Waals surface area contributed by atoms with Crippen LogP contribution < -0.4 is 0 Å². The van der Waals surface area contributed by atoms with Crippen LogP contribution in [0.3, 0.4) is 0 Å². The van der Waals surface area contributed by atoms with Crippen LogP contribution in [0, 0.1) is 0 Å². The molecule has 0 aromatic carbocycles. The van der Waals surface area contributed by atoms with Gasteiger partial charge in [0.25, 0.3) is 5.25 Å². The van der Waals surface area contributed by atoms with Gasteiger partial charge in [-0.05, 0) is 0 Å². The molecule has 1 aliphatic heterocycles. The van der Waals surface area contributed by atoms with Gasteiger partial charge in [0, 0.05) is 0 Å². The lowest BCUT2D eigenvalue weighted by Crippen LogP contribution is -2.03. The second kappa shape index (κ2) is 1.49. The molecule has 1 N–H and O–H groups in total. The lowest BCUT2D eigenvalue weighted by atomic mass is 10.5. The summed E-state index contributed by atoms with van der Waals surface area (Å²) in [6, 6.07) is 0. The average Bonchev–Trinajstić information content (AvgIpc) is 2.13. The van der Waals surface area contributed by atoms with Crippen LogP contribution in [0.4, 0.5) is 0 Å². The standard InChI is InChI=1S/C3H4Cl2O2/c4-1-2-3(5,6)7-2/h2,6H,1H2. The molecule has 0 saturated carbocycles. The molecule has 0 spiro atoms. The molecular formula is C3H4Cl2O2. The maximum Gasteiger partial charge on any atom is 0.275 e. The lowest BCUT2D eigenvalue weighted by Gasteiger charge is -1.83. The van der Waals surface area contributed by atoms with Gasteiger partial charge in [0.2, 0.25) is 0 Å². The topological polar surface area (TPSA) is 32.8 Å². The summed E-state index contributed by atoms with van der Waals surface area (Å²) >= 11 is 10.4. The van der Waals surface area contributed by atoms with Crippen molar-refractivity contribution in [2.24, 2.45) is 0 Å². The maximum atomic E-state index is 8.55. The molecule has 1 rings (SSSR count). The third kappa shape index (κ3) is 0.995. The highest BCUT2D eigenvalue weighted by Gasteiger charge is 2.53. The molecule has 2 atom stereocenters. The van der Waals surface area contributed by atoms with Crippen LogP contribution in [0.5, 0.6) is 0 Å². The Kier molecular flexibility index (Phi) is 1.20. The van der Waals surface area contributed by atoms with E-state index in [0.29, 0.717) is 0 Å². The molecule has 42 valence electrons. The van der Waals surface area contributed by atoms with Crippen molar-refractivity contribution < 1.29 is 9.84 Å². The largest absolute Gasteiger partial charge is 0.351 e. The van der Waals surface area contributed by atoms with Crippen molar-refractivity contribution in [2.75, 3.05) is 5.88 Å². The summed E-state index contributed by atoms with van der Waals surface area (Å²) in [5, 5.41) is 7.11. The molecule has 2 unspecified atom stereocenters. The smallest absolute Gasteiger partial charge is 0.275 e. The number of aliphatic hydroxyl groups is 1. The molecule has 1 saturated heterocycles. The summed E-state index contributed by atoms with van der Waals surface area (Å²) in [7, 11) is 0. The molecule has 1 aliphatic rings. The Hall–Kier alpha value is 0.500. The Morgan fingerprint density at radius 2 is 2.29 bits per heavy atom. The van der Waals surface area contributed by atoms with Crippen molar-refractivity contribution in [1.29, 1.82) is 0 Å². The highest BCUT2D eigenvalue weighted by molar-refractivity contribution is 6.25. The van der Waals surface area contributed by atoms with Crippen LogP contribution in [0.1, 0.15) is 0 Å². The fourth-order valence-electron chi connectivity index (χ4n) is 0.292. The molecule has 7 heavy (non-hydrogen) atoms. The van der Waals surface area contributed by atoms with E-state index in [1.807, 2.05) is 0 Å². The third-order valence-electron chi connectivity index (χ3n) is 0.788. The van der Waals surface area contributed by atoms with Crippen molar-refractivity contribution in [2.45, 2.75) is 11.4 Å². The SMILES string of the molecule is OC1(Cl)OC1CCl. The number of halogens is 2. The quantitative estimate of drug-likeness (QED) is 0.428. The predicted octanol–water partition coefficient (Wildman–Crippen LogP) is 0.509. The van der Waals surface area contributed by atoms with Crippen LogP contribution in [0.15, 0.2) is 0 Å². The summed E-state index contributed by atoms with van der Waals surface area (Å²) in [6.07, 6.45) is -0.365. The first-order chi connectivity index (χ1) is 3.17. The van der Waals surface area contributed by atoms with Gasteiger partial charge in [-0.3, -0.25) is 0 Å². The summed E-state index contributed by atoms with van der Waals surface area (Å²) in [5.74, 6) is 0.250. The molecule has 0 radical (unpaired) electrons. The van der Waals surface area contributed by atoms with E-state index in [0.717, 1.165) is 0 Å². The summed E-state index contributed by atoms with van der Waals surface area (Å²) in [6.45, 7) is 0. The number of hydrogen-bond acceptors (Lipinski definition) is 2. The van der Waals surface area contributed by atoms with E-state index in [1.165, 1.54) is 0 Å². The van der Waals surface area contributed by atoms with E-state index in [1.54, 1.807) is 0 Å². The number of rotatable bonds is 1. The van der Waals surface area contributed by atoms with Gasteiger partial charge in [-0.2, -0.15) is 0 Å². The summed E-state index contributed by atoms with van der Waals surface area (Å²) < 4.78 is 4.44. The van der Waals surface area contributed by atoms with E-state index in [9.17, 15) is 0 Å². The Morgan fingerprint density at radius 3 is 2.29 bits per heavy atom. The fraction of sp³-hybridized carbons (Fsp3) is 1.00. The zero-order valence-electron chi connectivity index (χ0n) is 3.40. The zero-order valence-corrected chi connectivity index (χ0v) is 4.91. The van der Waals surface area contributed by atoms with Gasteiger partial charge in [-0.1, -0.05) is 11.6 Å². The van der Waals surface area contributed by atoms with Gasteiger partial charge in [-0.15, -0.1) is 11.6 Å². The Morgan fingerprint density at radius 1 is 1.86 bits per heavy atom. The van der Waals surface area contributed by atoms with E-state index in [2.05, 4.69) is 4.74 Å². The van der Waals surface area contributed by atoms with Crippen LogP contribution >= 0.6 is 23.2 Å². The van der Waals surface area contributed by atoms with Crippen molar-refractivity contribution >= 4 is 23.2 Å². The molecule has 2 nitrogen and oxygen atoms in total. The normalized spacial score (nSPS) is 49.3. The number of alkyl halides is 2. The highest BCUT2D eigenvalue weighted by Crippen LogP contribution is 2.37. The van der Waals surface area contributed by atoms with E-state index in [4.69, 9.17) is 28.3 Å². The molecule has 0 bridgehead atoms. The van der Waals surface area contributed by atoms with E-state index >= 15 is 0 Å². The van der Waals surface area contributed by atoms with Crippen LogP contribution in [0.25, 0.3) is 0 Å². The second-order valence-electron chi connectivity index (χ2n) is 1.37. The van der Waals surface area contributed by atoms with E-state index in [-0.39, 0.29) is 12.0 Å². The Bertz CT molecular complexity index is 83.0.